The van der Waals surface area contributed by atoms with Crippen LogP contribution in [0.15, 0.2) is 77.7 Å². The Morgan fingerprint density at radius 2 is 1.65 bits per heavy atom. The van der Waals surface area contributed by atoms with Gasteiger partial charge in [0.1, 0.15) is 18.4 Å². The van der Waals surface area contributed by atoms with Crippen LogP contribution in [0, 0.1) is 5.82 Å². The largest absolute Gasteiger partial charge is 0.357 e. The fourth-order valence-corrected chi connectivity index (χ4v) is 5.49. The lowest BCUT2D eigenvalue weighted by atomic mass is 10.1. The first-order valence-corrected chi connectivity index (χ1v) is 13.6. The number of anilines is 1. The van der Waals surface area contributed by atoms with Gasteiger partial charge in [-0.1, -0.05) is 60.5 Å². The summed E-state index contributed by atoms with van der Waals surface area (Å²) in [5, 5.41) is 2.77. The van der Waals surface area contributed by atoms with E-state index in [-0.39, 0.29) is 28.6 Å². The molecule has 0 bridgehead atoms. The summed E-state index contributed by atoms with van der Waals surface area (Å²) in [5.41, 5.74) is 0.699. The average molecular weight is 566 g/mol. The number of sulfonamides is 1. The number of amides is 2. The number of halogens is 3. The number of benzene rings is 3. The molecular weight excluding hydrogens is 540 g/mol. The van der Waals surface area contributed by atoms with Crippen molar-refractivity contribution in [2.45, 2.75) is 30.8 Å². The minimum atomic E-state index is -4.26. The zero-order valence-electron chi connectivity index (χ0n) is 20.2. The predicted octanol–water partition coefficient (Wildman–Crippen LogP) is 4.88. The van der Waals surface area contributed by atoms with Crippen LogP contribution in [-0.4, -0.2) is 44.8 Å². The van der Waals surface area contributed by atoms with Gasteiger partial charge in [-0.05, 0) is 54.4 Å². The van der Waals surface area contributed by atoms with Crippen LogP contribution in [0.1, 0.15) is 18.9 Å². The lowest BCUT2D eigenvalue weighted by molar-refractivity contribution is -0.140. The molecule has 0 saturated heterocycles. The lowest BCUT2D eigenvalue weighted by Crippen LogP contribution is -2.51. The lowest BCUT2D eigenvalue weighted by Gasteiger charge is -2.33. The van der Waals surface area contributed by atoms with Gasteiger partial charge in [0.2, 0.25) is 11.8 Å². The van der Waals surface area contributed by atoms with E-state index in [0.717, 1.165) is 16.4 Å². The Morgan fingerprint density at radius 1 is 1.00 bits per heavy atom. The Morgan fingerprint density at radius 3 is 2.22 bits per heavy atom. The van der Waals surface area contributed by atoms with Gasteiger partial charge in [0.15, 0.2) is 0 Å². The quantitative estimate of drug-likeness (QED) is 0.379. The number of carbonyl (C=O) groups excluding carboxylic acids is 2. The monoisotopic (exact) mass is 565 g/mol. The van der Waals surface area contributed by atoms with Gasteiger partial charge in [-0.2, -0.15) is 0 Å². The highest BCUT2D eigenvalue weighted by Gasteiger charge is 2.33. The van der Waals surface area contributed by atoms with Crippen LogP contribution in [0.5, 0.6) is 0 Å². The molecule has 0 unspecified atom stereocenters. The molecule has 3 rings (SSSR count). The van der Waals surface area contributed by atoms with E-state index in [1.54, 1.807) is 49.4 Å². The van der Waals surface area contributed by atoms with Crippen LogP contribution in [0.2, 0.25) is 10.0 Å². The van der Waals surface area contributed by atoms with Gasteiger partial charge in [-0.15, -0.1) is 0 Å². The minimum absolute atomic E-state index is 0.00281. The Kier molecular flexibility index (Phi) is 9.53. The molecular formula is C26H26Cl2FN3O4S. The summed E-state index contributed by atoms with van der Waals surface area (Å²) >= 11 is 11.9. The Balaban J connectivity index is 2.06. The van der Waals surface area contributed by atoms with E-state index in [9.17, 15) is 22.4 Å². The fraction of sp³-hybridized carbons (Fsp3) is 0.231. The minimum Gasteiger partial charge on any atom is -0.357 e. The Labute approximate surface area is 225 Å². The molecule has 7 nitrogen and oxygen atoms in total. The normalized spacial score (nSPS) is 12.0. The number of hydrogen-bond acceptors (Lipinski definition) is 4. The first kappa shape index (κ1) is 28.4. The molecule has 0 fully saturated rings. The second-order valence-corrected chi connectivity index (χ2v) is 10.8. The zero-order chi connectivity index (χ0) is 27.2. The number of nitrogens with one attached hydrogen (secondary N) is 1. The van der Waals surface area contributed by atoms with Crippen molar-refractivity contribution in [3.63, 3.8) is 0 Å². The maximum atomic E-state index is 13.9. The molecule has 0 radical (unpaired) electrons. The van der Waals surface area contributed by atoms with Gasteiger partial charge in [0.25, 0.3) is 10.0 Å². The van der Waals surface area contributed by atoms with Crippen molar-refractivity contribution in [2.75, 3.05) is 17.9 Å². The molecule has 0 aromatic heterocycles. The average Bonchev–Trinajstić information content (AvgIpc) is 2.90. The maximum Gasteiger partial charge on any atom is 0.264 e. The molecule has 0 heterocycles. The topological polar surface area (TPSA) is 86.8 Å². The van der Waals surface area contributed by atoms with Crippen molar-refractivity contribution >= 4 is 50.7 Å². The molecule has 0 aliphatic rings. The molecule has 0 aliphatic heterocycles. The van der Waals surface area contributed by atoms with Crippen LogP contribution >= 0.6 is 23.2 Å². The van der Waals surface area contributed by atoms with Crippen LogP contribution in [0.4, 0.5) is 10.1 Å². The Hall–Kier alpha value is -3.14. The molecule has 3 aromatic carbocycles. The van der Waals surface area contributed by atoms with E-state index in [4.69, 9.17) is 23.2 Å². The molecule has 11 heteroatoms. The predicted molar refractivity (Wildman–Crippen MR) is 143 cm³/mol. The van der Waals surface area contributed by atoms with Crippen LogP contribution in [-0.2, 0) is 26.2 Å². The number of rotatable bonds is 10. The first-order valence-electron chi connectivity index (χ1n) is 11.4. The van der Waals surface area contributed by atoms with Gasteiger partial charge in [-0.25, -0.2) is 12.8 Å². The van der Waals surface area contributed by atoms with E-state index in [2.05, 4.69) is 5.32 Å². The summed E-state index contributed by atoms with van der Waals surface area (Å²) in [6.07, 6.45) is 0.285. The Bertz CT molecular complexity index is 1360. The molecule has 37 heavy (non-hydrogen) atoms. The van der Waals surface area contributed by atoms with Crippen molar-refractivity contribution < 1.29 is 22.4 Å². The highest BCUT2D eigenvalue weighted by Crippen LogP contribution is 2.28. The van der Waals surface area contributed by atoms with Crippen LogP contribution in [0.3, 0.4) is 0 Å². The van der Waals surface area contributed by atoms with Crippen molar-refractivity contribution in [3.8, 4) is 0 Å². The molecule has 1 N–H and O–H groups in total. The number of hydrogen-bond donors (Lipinski definition) is 1. The second kappa shape index (κ2) is 12.4. The SMILES string of the molecule is CC[C@H](C(=O)NC)N(Cc1ccc(Cl)cc1)C(=O)CN(c1ccc(F)c(Cl)c1)S(=O)(=O)c1ccccc1. The van der Waals surface area contributed by atoms with Crippen molar-refractivity contribution in [2.24, 2.45) is 0 Å². The third-order valence-corrected chi connectivity index (χ3v) is 8.03. The molecule has 1 atom stereocenters. The van der Waals surface area contributed by atoms with Gasteiger partial charge in [0, 0.05) is 18.6 Å². The van der Waals surface area contributed by atoms with E-state index >= 15 is 0 Å². The smallest absolute Gasteiger partial charge is 0.264 e. The van der Waals surface area contributed by atoms with Crippen molar-refractivity contribution in [1.82, 2.24) is 10.2 Å². The molecule has 2 amide bonds. The summed E-state index contributed by atoms with van der Waals surface area (Å²) in [6, 6.07) is 16.8. The molecule has 3 aromatic rings. The molecule has 0 saturated carbocycles. The standard InChI is InChI=1S/C26H26Cl2FN3O4S/c1-3-24(26(34)30-2)31(16-18-9-11-19(27)12-10-18)25(33)17-32(20-13-14-23(29)22(28)15-20)37(35,36)21-7-5-4-6-8-21/h4-15,24H,3,16-17H2,1-2H3,(H,30,34)/t24-/m1/s1. The third-order valence-electron chi connectivity index (χ3n) is 5.70. The highest BCUT2D eigenvalue weighted by atomic mass is 35.5. The number of nitrogens with zero attached hydrogens (tertiary/aromatic N) is 2. The van der Waals surface area contributed by atoms with Gasteiger partial charge in [0.05, 0.1) is 15.6 Å². The summed E-state index contributed by atoms with van der Waals surface area (Å²) in [6.45, 7) is 1.13. The van der Waals surface area contributed by atoms with E-state index in [1.807, 2.05) is 0 Å². The molecule has 0 aliphatic carbocycles. The second-order valence-electron chi connectivity index (χ2n) is 8.11. The summed E-state index contributed by atoms with van der Waals surface area (Å²) < 4.78 is 42.0. The van der Waals surface area contributed by atoms with Gasteiger partial charge in [-0.3, -0.25) is 13.9 Å². The molecule has 196 valence electrons. The van der Waals surface area contributed by atoms with Crippen LogP contribution in [0.25, 0.3) is 0 Å². The van der Waals surface area contributed by atoms with Gasteiger partial charge < -0.3 is 10.2 Å². The first-order chi connectivity index (χ1) is 17.6. The third kappa shape index (κ3) is 6.80. The number of likely N-dealkylation sites (N-methyl/N-ethyl adjacent to an activating group) is 1. The summed E-state index contributed by atoms with van der Waals surface area (Å²) in [5.74, 6) is -1.76. The van der Waals surface area contributed by atoms with Crippen LogP contribution < -0.4 is 9.62 Å². The van der Waals surface area contributed by atoms with Crippen molar-refractivity contribution in [3.05, 3.63) is 94.2 Å². The summed E-state index contributed by atoms with van der Waals surface area (Å²) in [4.78, 5) is 27.7. The maximum absolute atomic E-state index is 13.9. The fourth-order valence-electron chi connectivity index (χ4n) is 3.76. The summed E-state index contributed by atoms with van der Waals surface area (Å²) in [7, 11) is -2.80. The number of carbonyl (C=O) groups is 2. The van der Waals surface area contributed by atoms with Gasteiger partial charge >= 0.3 is 0 Å². The molecule has 0 spiro atoms. The van der Waals surface area contributed by atoms with E-state index in [0.29, 0.717) is 10.6 Å². The van der Waals surface area contributed by atoms with E-state index < -0.39 is 40.2 Å². The van der Waals surface area contributed by atoms with Crippen molar-refractivity contribution in [1.29, 1.82) is 0 Å². The zero-order valence-corrected chi connectivity index (χ0v) is 22.5. The highest BCUT2D eigenvalue weighted by molar-refractivity contribution is 7.92. The van der Waals surface area contributed by atoms with E-state index in [1.165, 1.54) is 30.1 Å².